The van der Waals surface area contributed by atoms with Gasteiger partial charge >= 0.3 is 17.9 Å². The maximum absolute atomic E-state index is 11.3. The number of esters is 1. The highest BCUT2D eigenvalue weighted by molar-refractivity contribution is 7.99. The van der Waals surface area contributed by atoms with Crippen LogP contribution in [0.2, 0.25) is 0 Å². The van der Waals surface area contributed by atoms with Crippen LogP contribution in [0.5, 0.6) is 0 Å². The molecule has 3 amide bonds. The second kappa shape index (κ2) is 6.37. The van der Waals surface area contributed by atoms with Crippen molar-refractivity contribution in [2.24, 2.45) is 0 Å². The number of imide groups is 1. The first-order valence-electron chi connectivity index (χ1n) is 5.83. The van der Waals surface area contributed by atoms with Gasteiger partial charge in [-0.1, -0.05) is 16.9 Å². The maximum Gasteiger partial charge on any atom is 0.396 e. The first kappa shape index (κ1) is 14.3. The lowest BCUT2D eigenvalue weighted by Gasteiger charge is -2.10. The fourth-order valence-electron chi connectivity index (χ4n) is 1.45. The number of hydrogen-bond acceptors (Lipinski definition) is 8. The minimum atomic E-state index is -0.680. The molecular formula is C10H12N4O5S. The van der Waals surface area contributed by atoms with Crippen molar-refractivity contribution in [3.8, 4) is 0 Å². The van der Waals surface area contributed by atoms with E-state index < -0.39 is 12.0 Å². The Labute approximate surface area is 118 Å². The zero-order valence-corrected chi connectivity index (χ0v) is 11.4. The molecule has 10 heteroatoms. The Morgan fingerprint density at radius 3 is 2.95 bits per heavy atom. The number of amides is 3. The fraction of sp³-hybridized carbons (Fsp3) is 0.500. The van der Waals surface area contributed by atoms with Crippen LogP contribution in [0.1, 0.15) is 17.6 Å². The van der Waals surface area contributed by atoms with Crippen molar-refractivity contribution in [1.29, 1.82) is 0 Å². The number of nitrogens with zero attached hydrogens (tertiary/aromatic N) is 3. The predicted molar refractivity (Wildman–Crippen MR) is 66.1 cm³/mol. The highest BCUT2D eigenvalue weighted by Gasteiger charge is 2.28. The normalized spacial score (nSPS) is 14.6. The van der Waals surface area contributed by atoms with Crippen molar-refractivity contribution in [3.05, 3.63) is 5.89 Å². The van der Waals surface area contributed by atoms with Crippen LogP contribution >= 0.6 is 11.8 Å². The van der Waals surface area contributed by atoms with E-state index in [0.29, 0.717) is 5.75 Å². The van der Waals surface area contributed by atoms with E-state index in [2.05, 4.69) is 15.5 Å². The molecule has 0 atom stereocenters. The Balaban J connectivity index is 1.81. The van der Waals surface area contributed by atoms with Crippen molar-refractivity contribution >= 4 is 29.7 Å². The monoisotopic (exact) mass is 300 g/mol. The number of rotatable bonds is 6. The number of hydrogen-bond donors (Lipinski definition) is 1. The topological polar surface area (TPSA) is 115 Å². The Morgan fingerprint density at radius 2 is 2.30 bits per heavy atom. The molecule has 20 heavy (non-hydrogen) atoms. The number of nitrogens with one attached hydrogen (secondary N) is 1. The summed E-state index contributed by atoms with van der Waals surface area (Å²) >= 11 is 1.15. The van der Waals surface area contributed by atoms with E-state index in [9.17, 15) is 14.4 Å². The fourth-order valence-corrected chi connectivity index (χ4v) is 2.13. The summed E-state index contributed by atoms with van der Waals surface area (Å²) in [6, 6.07) is -0.409. The molecule has 0 aromatic carbocycles. The molecule has 0 radical (unpaired) electrons. The number of aromatic nitrogens is 2. The minimum Gasteiger partial charge on any atom is -0.459 e. The van der Waals surface area contributed by atoms with Crippen LogP contribution < -0.4 is 5.32 Å². The molecule has 2 rings (SSSR count). The van der Waals surface area contributed by atoms with Crippen LogP contribution in [0.3, 0.4) is 0 Å². The average molecular weight is 300 g/mol. The van der Waals surface area contributed by atoms with Crippen molar-refractivity contribution in [2.45, 2.75) is 12.1 Å². The van der Waals surface area contributed by atoms with E-state index in [-0.39, 0.29) is 36.7 Å². The molecule has 108 valence electrons. The minimum absolute atomic E-state index is 0.0249. The lowest BCUT2D eigenvalue weighted by Crippen LogP contribution is -2.32. The second-order valence-corrected chi connectivity index (χ2v) is 4.69. The standard InChI is InChI=1S/C10H12N4O5S/c1-2-18-8(16)7-12-13-10(19-7)20-4-3-14-6(15)5-11-9(14)17/h2-5H2,1H3,(H,11,17). The van der Waals surface area contributed by atoms with Gasteiger partial charge in [-0.25, -0.2) is 9.59 Å². The molecule has 1 fully saturated rings. The summed E-state index contributed by atoms with van der Waals surface area (Å²) < 4.78 is 9.78. The van der Waals surface area contributed by atoms with Crippen molar-refractivity contribution in [1.82, 2.24) is 20.4 Å². The van der Waals surface area contributed by atoms with E-state index in [0.717, 1.165) is 16.7 Å². The first-order chi connectivity index (χ1) is 9.61. The van der Waals surface area contributed by atoms with E-state index in [1.165, 1.54) is 0 Å². The predicted octanol–water partition coefficient (Wildman–Crippen LogP) is -0.110. The summed E-state index contributed by atoms with van der Waals surface area (Å²) in [6.45, 7) is 2.14. The van der Waals surface area contributed by atoms with E-state index in [1.54, 1.807) is 6.92 Å². The zero-order chi connectivity index (χ0) is 14.5. The SMILES string of the molecule is CCOC(=O)c1nnc(SCCN2C(=O)CNC2=O)o1. The number of ether oxygens (including phenoxy) is 1. The first-order valence-corrected chi connectivity index (χ1v) is 6.82. The summed E-state index contributed by atoms with van der Waals surface area (Å²) in [6.07, 6.45) is 0. The average Bonchev–Trinajstić information content (AvgIpc) is 3.00. The van der Waals surface area contributed by atoms with Crippen LogP contribution in [0.15, 0.2) is 9.64 Å². The smallest absolute Gasteiger partial charge is 0.396 e. The molecule has 0 unspecified atom stereocenters. The van der Waals surface area contributed by atoms with Gasteiger partial charge in [0.05, 0.1) is 13.2 Å². The van der Waals surface area contributed by atoms with E-state index in [1.807, 2.05) is 0 Å². The Hall–Kier alpha value is -2.10. The summed E-state index contributed by atoms with van der Waals surface area (Å²) in [4.78, 5) is 35.0. The number of carbonyl (C=O) groups excluding carboxylic acids is 3. The molecule has 0 spiro atoms. The van der Waals surface area contributed by atoms with E-state index >= 15 is 0 Å². The van der Waals surface area contributed by atoms with Gasteiger partial charge in [-0.05, 0) is 6.92 Å². The van der Waals surface area contributed by atoms with Crippen LogP contribution in [-0.4, -0.2) is 58.5 Å². The van der Waals surface area contributed by atoms with Crippen molar-refractivity contribution in [3.63, 3.8) is 0 Å². The number of urea groups is 1. The molecule has 1 aliphatic rings. The van der Waals surface area contributed by atoms with Crippen LogP contribution in [0.25, 0.3) is 0 Å². The highest BCUT2D eigenvalue weighted by atomic mass is 32.2. The molecule has 0 aliphatic carbocycles. The van der Waals surface area contributed by atoms with Gasteiger partial charge in [0.2, 0.25) is 5.91 Å². The molecule has 9 nitrogen and oxygen atoms in total. The summed E-state index contributed by atoms with van der Waals surface area (Å²) in [7, 11) is 0. The molecule has 2 heterocycles. The van der Waals surface area contributed by atoms with Gasteiger partial charge in [0.15, 0.2) is 0 Å². The third-order valence-corrected chi connectivity index (χ3v) is 3.13. The number of carbonyl (C=O) groups is 3. The maximum atomic E-state index is 11.3. The summed E-state index contributed by atoms with van der Waals surface area (Å²) in [5.41, 5.74) is 0. The molecule has 1 aromatic heterocycles. The Morgan fingerprint density at radius 1 is 1.50 bits per heavy atom. The molecular weight excluding hydrogens is 288 g/mol. The Bertz CT molecular complexity index is 515. The van der Waals surface area contributed by atoms with Gasteiger partial charge in [0, 0.05) is 12.3 Å². The lowest BCUT2D eigenvalue weighted by atomic mass is 10.5. The highest BCUT2D eigenvalue weighted by Crippen LogP contribution is 2.17. The molecule has 1 aromatic rings. The van der Waals surface area contributed by atoms with Crippen LogP contribution in [0.4, 0.5) is 4.79 Å². The zero-order valence-electron chi connectivity index (χ0n) is 10.6. The van der Waals surface area contributed by atoms with Gasteiger partial charge < -0.3 is 14.5 Å². The molecule has 1 aliphatic heterocycles. The second-order valence-electron chi connectivity index (χ2n) is 3.65. The molecule has 1 saturated heterocycles. The summed E-state index contributed by atoms with van der Waals surface area (Å²) in [5, 5.41) is 9.80. The quantitative estimate of drug-likeness (QED) is 0.439. The van der Waals surface area contributed by atoms with Gasteiger partial charge in [-0.3, -0.25) is 9.69 Å². The Kier molecular flexibility index (Phi) is 4.56. The third-order valence-electron chi connectivity index (χ3n) is 2.33. The van der Waals surface area contributed by atoms with Gasteiger partial charge in [-0.2, -0.15) is 0 Å². The van der Waals surface area contributed by atoms with Gasteiger partial charge in [-0.15, -0.1) is 5.10 Å². The van der Waals surface area contributed by atoms with E-state index in [4.69, 9.17) is 9.15 Å². The number of thioether (sulfide) groups is 1. The molecule has 1 N–H and O–H groups in total. The van der Waals surface area contributed by atoms with Crippen LogP contribution in [-0.2, 0) is 9.53 Å². The largest absolute Gasteiger partial charge is 0.459 e. The third kappa shape index (κ3) is 3.26. The molecule has 0 bridgehead atoms. The van der Waals surface area contributed by atoms with Gasteiger partial charge in [0.25, 0.3) is 5.22 Å². The van der Waals surface area contributed by atoms with Crippen LogP contribution in [0, 0.1) is 0 Å². The van der Waals surface area contributed by atoms with Crippen molar-refractivity contribution < 1.29 is 23.5 Å². The van der Waals surface area contributed by atoms with Gasteiger partial charge in [0.1, 0.15) is 0 Å². The van der Waals surface area contributed by atoms with Crippen molar-refractivity contribution in [2.75, 3.05) is 25.4 Å². The lowest BCUT2D eigenvalue weighted by molar-refractivity contribution is -0.124. The molecule has 0 saturated carbocycles. The summed E-state index contributed by atoms with van der Waals surface area (Å²) in [5.74, 6) is -0.775.